The number of carbonyl (C=O) groups excluding carboxylic acids is 1. The van der Waals surface area contributed by atoms with Crippen LogP contribution in [0.25, 0.3) is 0 Å². The first-order valence-corrected chi connectivity index (χ1v) is 6.76. The van der Waals surface area contributed by atoms with Crippen molar-refractivity contribution in [1.29, 1.82) is 0 Å². The maximum atomic E-state index is 12.7. The number of carbonyl (C=O) groups is 1. The number of rotatable bonds is 4. The Morgan fingerprint density at radius 2 is 2.05 bits per heavy atom. The van der Waals surface area contributed by atoms with Crippen molar-refractivity contribution in [2.45, 2.75) is 26.2 Å². The fourth-order valence-electron chi connectivity index (χ4n) is 2.03. The van der Waals surface area contributed by atoms with Gasteiger partial charge in [-0.3, -0.25) is 9.48 Å². The van der Waals surface area contributed by atoms with E-state index in [-0.39, 0.29) is 12.1 Å². The number of aromatic nitrogens is 2. The first-order valence-electron chi connectivity index (χ1n) is 6.76. The van der Waals surface area contributed by atoms with Gasteiger partial charge in [-0.15, -0.1) is 0 Å². The lowest BCUT2D eigenvalue weighted by Crippen LogP contribution is -2.26. The normalized spacial score (nSPS) is 11.5. The fraction of sp³-hybridized carbons (Fsp3) is 0.333. The van der Waals surface area contributed by atoms with Gasteiger partial charge in [0, 0.05) is 25.4 Å². The molecule has 7 heteroatoms. The van der Waals surface area contributed by atoms with E-state index in [0.717, 1.165) is 12.1 Å². The molecule has 1 aromatic carbocycles. The maximum Gasteiger partial charge on any atom is 0.416 e. The van der Waals surface area contributed by atoms with Crippen LogP contribution in [0.15, 0.2) is 36.5 Å². The number of benzene rings is 1. The summed E-state index contributed by atoms with van der Waals surface area (Å²) in [6.45, 7) is 2.89. The van der Waals surface area contributed by atoms with E-state index in [1.54, 1.807) is 16.9 Å². The molecular weight excluding hydrogens is 295 g/mol. The summed E-state index contributed by atoms with van der Waals surface area (Å²) in [7, 11) is 1.54. The van der Waals surface area contributed by atoms with Crippen molar-refractivity contribution in [3.63, 3.8) is 0 Å². The van der Waals surface area contributed by atoms with Gasteiger partial charge in [-0.2, -0.15) is 18.3 Å². The van der Waals surface area contributed by atoms with Crippen molar-refractivity contribution < 1.29 is 18.0 Å². The minimum absolute atomic E-state index is 0.00671. The molecule has 4 nitrogen and oxygen atoms in total. The van der Waals surface area contributed by atoms with Crippen LogP contribution in [0.4, 0.5) is 13.2 Å². The zero-order valence-electron chi connectivity index (χ0n) is 12.3. The van der Waals surface area contributed by atoms with Crippen molar-refractivity contribution in [3.8, 4) is 0 Å². The largest absolute Gasteiger partial charge is 0.416 e. The van der Waals surface area contributed by atoms with Gasteiger partial charge >= 0.3 is 6.18 Å². The smallest absolute Gasteiger partial charge is 0.336 e. The van der Waals surface area contributed by atoms with E-state index in [2.05, 4.69) is 5.10 Å². The third kappa shape index (κ3) is 3.66. The van der Waals surface area contributed by atoms with E-state index >= 15 is 0 Å². The summed E-state index contributed by atoms with van der Waals surface area (Å²) >= 11 is 0. The number of hydrogen-bond acceptors (Lipinski definition) is 2. The molecule has 22 heavy (non-hydrogen) atoms. The predicted molar refractivity (Wildman–Crippen MR) is 75.1 cm³/mol. The van der Waals surface area contributed by atoms with E-state index in [9.17, 15) is 18.0 Å². The van der Waals surface area contributed by atoms with Gasteiger partial charge in [0.2, 0.25) is 0 Å². The van der Waals surface area contributed by atoms with Crippen LogP contribution < -0.4 is 0 Å². The van der Waals surface area contributed by atoms with Gasteiger partial charge in [-0.1, -0.05) is 6.07 Å². The third-order valence-corrected chi connectivity index (χ3v) is 3.20. The number of amides is 1. The molecule has 1 heterocycles. The van der Waals surface area contributed by atoms with Crippen LogP contribution in [-0.4, -0.2) is 27.6 Å². The molecule has 0 aliphatic carbocycles. The van der Waals surface area contributed by atoms with Crippen LogP contribution in [0.2, 0.25) is 0 Å². The summed E-state index contributed by atoms with van der Waals surface area (Å²) in [4.78, 5) is 13.6. The molecule has 2 aromatic rings. The predicted octanol–water partition coefficient (Wildman–Crippen LogP) is 3.19. The van der Waals surface area contributed by atoms with Gasteiger partial charge in [0.05, 0.1) is 17.8 Å². The Morgan fingerprint density at radius 3 is 2.64 bits per heavy atom. The Hall–Kier alpha value is -2.31. The molecule has 0 atom stereocenters. The molecule has 0 radical (unpaired) electrons. The second-order valence-corrected chi connectivity index (χ2v) is 4.90. The molecule has 2 rings (SSSR count). The minimum atomic E-state index is -4.46. The standard InChI is InChI=1S/C15H16F3N3O/c1-3-21-8-7-13(19-21)10-20(2)14(22)11-5-4-6-12(9-11)15(16,17)18/h4-9H,3,10H2,1-2H3. The first-order chi connectivity index (χ1) is 10.3. The van der Waals surface area contributed by atoms with Crippen molar-refractivity contribution in [1.82, 2.24) is 14.7 Å². The van der Waals surface area contributed by atoms with Gasteiger partial charge in [0.25, 0.3) is 5.91 Å². The lowest BCUT2D eigenvalue weighted by Gasteiger charge is -2.17. The first kappa shape index (κ1) is 16.1. The molecule has 118 valence electrons. The molecule has 0 aliphatic heterocycles. The van der Waals surface area contributed by atoms with Gasteiger partial charge in [-0.25, -0.2) is 0 Å². The van der Waals surface area contributed by atoms with Crippen LogP contribution in [0.1, 0.15) is 28.5 Å². The summed E-state index contributed by atoms with van der Waals surface area (Å²) < 4.78 is 39.8. The maximum absolute atomic E-state index is 12.7. The summed E-state index contributed by atoms with van der Waals surface area (Å²) in [6, 6.07) is 6.19. The van der Waals surface area contributed by atoms with Gasteiger partial charge in [-0.05, 0) is 31.2 Å². The fourth-order valence-corrected chi connectivity index (χ4v) is 2.03. The molecule has 0 saturated heterocycles. The van der Waals surface area contributed by atoms with Crippen LogP contribution in [0.3, 0.4) is 0 Å². The molecule has 0 bridgehead atoms. The molecule has 0 fully saturated rings. The van der Waals surface area contributed by atoms with E-state index in [1.165, 1.54) is 24.1 Å². The Bertz CT molecular complexity index is 664. The number of halogens is 3. The van der Waals surface area contributed by atoms with Crippen molar-refractivity contribution in [2.24, 2.45) is 0 Å². The van der Waals surface area contributed by atoms with E-state index in [0.29, 0.717) is 12.2 Å². The van der Waals surface area contributed by atoms with Crippen LogP contribution in [-0.2, 0) is 19.3 Å². The highest BCUT2D eigenvalue weighted by Gasteiger charge is 2.31. The van der Waals surface area contributed by atoms with E-state index in [1.807, 2.05) is 6.92 Å². The number of nitrogens with zero attached hydrogens (tertiary/aromatic N) is 3. The van der Waals surface area contributed by atoms with Crippen molar-refractivity contribution >= 4 is 5.91 Å². The summed E-state index contributed by atoms with van der Waals surface area (Å²) in [5.41, 5.74) is -0.140. The second-order valence-electron chi connectivity index (χ2n) is 4.90. The number of hydrogen-bond donors (Lipinski definition) is 0. The molecular formula is C15H16F3N3O. The zero-order chi connectivity index (χ0) is 16.3. The molecule has 0 saturated carbocycles. The lowest BCUT2D eigenvalue weighted by molar-refractivity contribution is -0.137. The Kier molecular flexibility index (Phi) is 4.54. The summed E-state index contributed by atoms with van der Waals surface area (Å²) in [5, 5.41) is 4.24. The van der Waals surface area contributed by atoms with E-state index in [4.69, 9.17) is 0 Å². The van der Waals surface area contributed by atoms with Crippen LogP contribution in [0, 0.1) is 0 Å². The lowest BCUT2D eigenvalue weighted by atomic mass is 10.1. The summed E-state index contributed by atoms with van der Waals surface area (Å²) in [6.07, 6.45) is -2.67. The van der Waals surface area contributed by atoms with Crippen LogP contribution in [0.5, 0.6) is 0 Å². The SMILES string of the molecule is CCn1ccc(CN(C)C(=O)c2cccc(C(F)(F)F)c2)n1. The topological polar surface area (TPSA) is 38.1 Å². The summed E-state index contributed by atoms with van der Waals surface area (Å²) in [5.74, 6) is -0.475. The average Bonchev–Trinajstić information content (AvgIpc) is 2.93. The van der Waals surface area contributed by atoms with Crippen LogP contribution >= 0.6 is 0 Å². The van der Waals surface area contributed by atoms with Gasteiger partial charge < -0.3 is 4.90 Å². The van der Waals surface area contributed by atoms with Gasteiger partial charge in [0.15, 0.2) is 0 Å². The molecule has 0 N–H and O–H groups in total. The highest BCUT2D eigenvalue weighted by molar-refractivity contribution is 5.94. The monoisotopic (exact) mass is 311 g/mol. The minimum Gasteiger partial charge on any atom is -0.336 e. The quantitative estimate of drug-likeness (QED) is 0.869. The molecule has 1 aromatic heterocycles. The highest BCUT2D eigenvalue weighted by Crippen LogP contribution is 2.29. The Balaban J connectivity index is 2.13. The van der Waals surface area contributed by atoms with Crippen molar-refractivity contribution in [2.75, 3.05) is 7.05 Å². The average molecular weight is 311 g/mol. The third-order valence-electron chi connectivity index (χ3n) is 3.20. The molecule has 0 aliphatic rings. The molecule has 0 unspecified atom stereocenters. The molecule has 1 amide bonds. The zero-order valence-corrected chi connectivity index (χ0v) is 12.3. The number of aryl methyl sites for hydroxylation is 1. The van der Waals surface area contributed by atoms with E-state index < -0.39 is 17.6 Å². The van der Waals surface area contributed by atoms with Crippen molar-refractivity contribution in [3.05, 3.63) is 53.3 Å². The number of alkyl halides is 3. The highest BCUT2D eigenvalue weighted by atomic mass is 19.4. The molecule has 0 spiro atoms. The Labute approximate surface area is 126 Å². The van der Waals surface area contributed by atoms with Gasteiger partial charge in [0.1, 0.15) is 0 Å². The Morgan fingerprint density at radius 1 is 1.32 bits per heavy atom. The second kappa shape index (κ2) is 6.21.